The van der Waals surface area contributed by atoms with E-state index in [1.807, 2.05) is 6.92 Å². The van der Waals surface area contributed by atoms with Crippen LogP contribution >= 0.6 is 0 Å². The van der Waals surface area contributed by atoms with Crippen molar-refractivity contribution in [2.75, 3.05) is 19.0 Å². The standard InChI is InChI=1S/C18H21F2N3O3/c1-11-4-5-13(8-15(11)26-10-17(19)20)23-18(24)22-12(2)14-6-7-21-9-16(14)25-3/h4-9,12,17H,10H2,1-3H3,(H2,22,23,24)/t12-/m0/s1. The van der Waals surface area contributed by atoms with Crippen LogP contribution < -0.4 is 20.1 Å². The molecule has 26 heavy (non-hydrogen) atoms. The molecule has 0 fully saturated rings. The number of methoxy groups -OCH3 is 1. The molecule has 1 heterocycles. The SMILES string of the molecule is COc1cnccc1[C@H](C)NC(=O)Nc1ccc(C)c(OCC(F)F)c1. The molecular formula is C18H21F2N3O3. The Labute approximate surface area is 150 Å². The predicted molar refractivity (Wildman–Crippen MR) is 94.0 cm³/mol. The molecule has 2 amide bonds. The number of hydrogen-bond donors (Lipinski definition) is 2. The van der Waals surface area contributed by atoms with Gasteiger partial charge in [0, 0.05) is 23.5 Å². The summed E-state index contributed by atoms with van der Waals surface area (Å²) in [6.45, 7) is 2.85. The lowest BCUT2D eigenvalue weighted by molar-refractivity contribution is 0.0816. The molecule has 2 aromatic rings. The van der Waals surface area contributed by atoms with Crippen LogP contribution in [0.2, 0.25) is 0 Å². The number of benzene rings is 1. The molecule has 1 atom stereocenters. The second-order valence-electron chi connectivity index (χ2n) is 5.62. The van der Waals surface area contributed by atoms with Gasteiger partial charge < -0.3 is 20.1 Å². The zero-order valence-corrected chi connectivity index (χ0v) is 14.8. The molecule has 0 saturated carbocycles. The molecule has 140 valence electrons. The summed E-state index contributed by atoms with van der Waals surface area (Å²) in [6, 6.07) is 5.85. The molecule has 1 aromatic heterocycles. The number of anilines is 1. The minimum atomic E-state index is -2.56. The summed E-state index contributed by atoms with van der Waals surface area (Å²) in [7, 11) is 1.53. The minimum absolute atomic E-state index is 0.298. The van der Waals surface area contributed by atoms with Gasteiger partial charge in [0.2, 0.25) is 0 Å². The lowest BCUT2D eigenvalue weighted by Crippen LogP contribution is -2.31. The number of rotatable bonds is 7. The zero-order chi connectivity index (χ0) is 19.1. The molecule has 0 aliphatic rings. The maximum absolute atomic E-state index is 12.3. The third-order valence-corrected chi connectivity index (χ3v) is 3.66. The van der Waals surface area contributed by atoms with Crippen molar-refractivity contribution in [2.24, 2.45) is 0 Å². The second-order valence-corrected chi connectivity index (χ2v) is 5.62. The van der Waals surface area contributed by atoms with Crippen LogP contribution in [-0.4, -0.2) is 31.2 Å². The second kappa shape index (κ2) is 8.98. The van der Waals surface area contributed by atoms with Crippen LogP contribution in [0.1, 0.15) is 24.1 Å². The molecule has 0 aliphatic carbocycles. The maximum atomic E-state index is 12.3. The number of aromatic nitrogens is 1. The van der Waals surface area contributed by atoms with E-state index >= 15 is 0 Å². The van der Waals surface area contributed by atoms with Gasteiger partial charge in [-0.25, -0.2) is 13.6 Å². The summed E-state index contributed by atoms with van der Waals surface area (Å²) in [5.41, 5.74) is 1.92. The average Bonchev–Trinajstić information content (AvgIpc) is 2.61. The largest absolute Gasteiger partial charge is 0.495 e. The molecule has 0 bridgehead atoms. The van der Waals surface area contributed by atoms with Gasteiger partial charge in [0.25, 0.3) is 6.43 Å². The van der Waals surface area contributed by atoms with E-state index in [1.165, 1.54) is 13.2 Å². The van der Waals surface area contributed by atoms with E-state index in [9.17, 15) is 13.6 Å². The van der Waals surface area contributed by atoms with Crippen molar-refractivity contribution in [3.8, 4) is 11.5 Å². The molecule has 2 rings (SSSR count). The third kappa shape index (κ3) is 5.30. The summed E-state index contributed by atoms with van der Waals surface area (Å²) >= 11 is 0. The molecule has 0 saturated heterocycles. The molecule has 0 radical (unpaired) electrons. The van der Waals surface area contributed by atoms with E-state index < -0.39 is 19.1 Å². The number of hydrogen-bond acceptors (Lipinski definition) is 4. The van der Waals surface area contributed by atoms with Gasteiger partial charge in [-0.2, -0.15) is 0 Å². The van der Waals surface area contributed by atoms with Crippen molar-refractivity contribution in [2.45, 2.75) is 26.3 Å². The van der Waals surface area contributed by atoms with Gasteiger partial charge in [0.15, 0.2) is 0 Å². The smallest absolute Gasteiger partial charge is 0.319 e. The lowest BCUT2D eigenvalue weighted by atomic mass is 10.1. The quantitative estimate of drug-likeness (QED) is 0.780. The van der Waals surface area contributed by atoms with E-state index in [-0.39, 0.29) is 6.04 Å². The first kappa shape index (κ1) is 19.4. The number of carbonyl (C=O) groups is 1. The van der Waals surface area contributed by atoms with Crippen LogP contribution in [0.5, 0.6) is 11.5 Å². The zero-order valence-electron chi connectivity index (χ0n) is 14.8. The van der Waals surface area contributed by atoms with Gasteiger partial charge in [0.1, 0.15) is 18.1 Å². The molecule has 0 aliphatic heterocycles. The summed E-state index contributed by atoms with van der Waals surface area (Å²) in [5.74, 6) is 0.866. The molecule has 6 nitrogen and oxygen atoms in total. The number of urea groups is 1. The van der Waals surface area contributed by atoms with Crippen molar-refractivity contribution < 1.29 is 23.0 Å². The Morgan fingerprint density at radius 3 is 2.73 bits per heavy atom. The van der Waals surface area contributed by atoms with E-state index in [4.69, 9.17) is 9.47 Å². The minimum Gasteiger partial charge on any atom is -0.495 e. The first-order valence-corrected chi connectivity index (χ1v) is 7.97. The van der Waals surface area contributed by atoms with Crippen LogP contribution in [0.25, 0.3) is 0 Å². The molecular weight excluding hydrogens is 344 g/mol. The fraction of sp³-hybridized carbons (Fsp3) is 0.333. The van der Waals surface area contributed by atoms with E-state index in [0.717, 1.165) is 5.56 Å². The number of ether oxygens (including phenoxy) is 2. The predicted octanol–water partition coefficient (Wildman–Crippen LogP) is 3.93. The van der Waals surface area contributed by atoms with Crippen LogP contribution in [-0.2, 0) is 0 Å². The highest BCUT2D eigenvalue weighted by Gasteiger charge is 2.14. The Balaban J connectivity index is 2.02. The Kier molecular flexibility index (Phi) is 6.71. The van der Waals surface area contributed by atoms with Crippen molar-refractivity contribution >= 4 is 11.7 Å². The van der Waals surface area contributed by atoms with Crippen LogP contribution in [0.15, 0.2) is 36.7 Å². The topological polar surface area (TPSA) is 72.5 Å². The van der Waals surface area contributed by atoms with Crippen molar-refractivity contribution in [1.29, 1.82) is 0 Å². The normalized spacial score (nSPS) is 11.8. The maximum Gasteiger partial charge on any atom is 0.319 e. The Hall–Kier alpha value is -2.90. The number of pyridine rings is 1. The highest BCUT2D eigenvalue weighted by molar-refractivity contribution is 5.89. The fourth-order valence-corrected chi connectivity index (χ4v) is 2.35. The number of halogens is 2. The van der Waals surface area contributed by atoms with Gasteiger partial charge in [-0.3, -0.25) is 4.98 Å². The van der Waals surface area contributed by atoms with Crippen molar-refractivity contribution in [3.63, 3.8) is 0 Å². The van der Waals surface area contributed by atoms with Crippen LogP contribution in [0.4, 0.5) is 19.3 Å². The number of carbonyl (C=O) groups excluding carboxylic acids is 1. The number of aryl methyl sites for hydroxylation is 1. The number of alkyl halides is 2. The van der Waals surface area contributed by atoms with E-state index in [0.29, 0.717) is 22.7 Å². The Bertz CT molecular complexity index is 756. The van der Waals surface area contributed by atoms with Gasteiger partial charge >= 0.3 is 6.03 Å². The average molecular weight is 365 g/mol. The van der Waals surface area contributed by atoms with Gasteiger partial charge in [-0.1, -0.05) is 6.07 Å². The highest BCUT2D eigenvalue weighted by Crippen LogP contribution is 2.25. The lowest BCUT2D eigenvalue weighted by Gasteiger charge is -2.18. The first-order chi connectivity index (χ1) is 12.4. The third-order valence-electron chi connectivity index (χ3n) is 3.66. The van der Waals surface area contributed by atoms with Crippen molar-refractivity contribution in [3.05, 3.63) is 47.8 Å². The molecule has 8 heteroatoms. The number of nitrogens with zero attached hydrogens (tertiary/aromatic N) is 1. The molecule has 0 unspecified atom stereocenters. The van der Waals surface area contributed by atoms with E-state index in [1.54, 1.807) is 37.5 Å². The monoisotopic (exact) mass is 365 g/mol. The fourth-order valence-electron chi connectivity index (χ4n) is 2.35. The number of nitrogens with one attached hydrogen (secondary N) is 2. The van der Waals surface area contributed by atoms with Crippen LogP contribution in [0, 0.1) is 6.92 Å². The summed E-state index contributed by atoms with van der Waals surface area (Å²) in [6.07, 6.45) is 0.615. The van der Waals surface area contributed by atoms with Crippen LogP contribution in [0.3, 0.4) is 0 Å². The number of amides is 2. The van der Waals surface area contributed by atoms with Crippen molar-refractivity contribution in [1.82, 2.24) is 10.3 Å². The summed E-state index contributed by atoms with van der Waals surface area (Å²) in [4.78, 5) is 16.2. The van der Waals surface area contributed by atoms with Gasteiger partial charge in [-0.05, 0) is 31.5 Å². The van der Waals surface area contributed by atoms with Gasteiger partial charge in [0.05, 0.1) is 19.3 Å². The first-order valence-electron chi connectivity index (χ1n) is 7.97. The summed E-state index contributed by atoms with van der Waals surface area (Å²) in [5, 5.41) is 5.45. The highest BCUT2D eigenvalue weighted by atomic mass is 19.3. The van der Waals surface area contributed by atoms with Gasteiger partial charge in [-0.15, -0.1) is 0 Å². The van der Waals surface area contributed by atoms with E-state index in [2.05, 4.69) is 15.6 Å². The molecule has 0 spiro atoms. The molecule has 2 N–H and O–H groups in total. The Morgan fingerprint density at radius 2 is 2.04 bits per heavy atom. The molecule has 1 aromatic carbocycles. The Morgan fingerprint density at radius 1 is 1.27 bits per heavy atom. The summed E-state index contributed by atoms with van der Waals surface area (Å²) < 4.78 is 34.9.